The molecule has 7 nitrogen and oxygen atoms in total. The SMILES string of the molecule is CC1CCCN(C(=O)C(C)(C)n2cnc(NC(=O)[C@@H](N)C3=CC=CCC=C3)c2)C1.CC1CCc2cc(F)cc(F)c2C1. The number of anilines is 1. The molecule has 42 heavy (non-hydrogen) atoms. The molecule has 1 saturated heterocycles. The summed E-state index contributed by atoms with van der Waals surface area (Å²) in [6.45, 7) is 9.60. The molecule has 0 spiro atoms. The Bertz CT molecular complexity index is 1380. The number of allylic oxidation sites excluding steroid dienone is 4. The minimum atomic E-state index is -0.788. The minimum Gasteiger partial charge on any atom is -0.340 e. The Kier molecular flexibility index (Phi) is 10.1. The summed E-state index contributed by atoms with van der Waals surface area (Å²) in [6.07, 6.45) is 18.4. The molecule has 3 aliphatic rings. The number of nitrogens with two attached hydrogens (primary N) is 1. The largest absolute Gasteiger partial charge is 0.340 e. The highest BCUT2D eigenvalue weighted by atomic mass is 19.1. The van der Waals surface area contributed by atoms with E-state index in [4.69, 9.17) is 5.73 Å². The molecule has 2 amide bonds. The van der Waals surface area contributed by atoms with Gasteiger partial charge >= 0.3 is 0 Å². The first-order valence-corrected chi connectivity index (χ1v) is 14.9. The summed E-state index contributed by atoms with van der Waals surface area (Å²) >= 11 is 0. The Morgan fingerprint density at radius 1 is 1.14 bits per heavy atom. The van der Waals surface area contributed by atoms with Gasteiger partial charge in [-0.05, 0) is 87.0 Å². The number of fused-ring (bicyclic) bond motifs is 1. The molecule has 2 unspecified atom stereocenters. The van der Waals surface area contributed by atoms with E-state index in [1.54, 1.807) is 17.1 Å². The summed E-state index contributed by atoms with van der Waals surface area (Å²) in [6, 6.07) is 1.66. The summed E-state index contributed by atoms with van der Waals surface area (Å²) < 4.78 is 27.8. The molecule has 1 aliphatic heterocycles. The molecular weight excluding hydrogens is 536 g/mol. The number of carbonyl (C=O) groups excluding carboxylic acids is 2. The van der Waals surface area contributed by atoms with E-state index in [2.05, 4.69) is 24.1 Å². The number of amides is 2. The van der Waals surface area contributed by atoms with Gasteiger partial charge in [0.1, 0.15) is 23.2 Å². The third-order valence-corrected chi connectivity index (χ3v) is 8.31. The highest BCUT2D eigenvalue weighted by molar-refractivity contribution is 5.96. The number of nitrogens with one attached hydrogen (secondary N) is 1. The van der Waals surface area contributed by atoms with Gasteiger partial charge in [-0.15, -0.1) is 0 Å². The van der Waals surface area contributed by atoms with Crippen LogP contribution in [0.15, 0.2) is 60.6 Å². The fourth-order valence-electron chi connectivity index (χ4n) is 5.68. The summed E-state index contributed by atoms with van der Waals surface area (Å²) in [5, 5.41) is 2.76. The number of nitrogens with zero attached hydrogens (tertiary/aromatic N) is 3. The number of likely N-dealkylation sites (tertiary alicyclic amines) is 1. The van der Waals surface area contributed by atoms with E-state index in [1.807, 2.05) is 49.1 Å². The maximum atomic E-state index is 13.3. The Labute approximate surface area is 247 Å². The molecule has 2 aliphatic carbocycles. The van der Waals surface area contributed by atoms with Crippen molar-refractivity contribution in [3.05, 3.63) is 83.4 Å². The number of hydrogen-bond acceptors (Lipinski definition) is 4. The van der Waals surface area contributed by atoms with E-state index in [0.29, 0.717) is 17.7 Å². The Morgan fingerprint density at radius 3 is 2.69 bits per heavy atom. The number of imidazole rings is 1. The van der Waals surface area contributed by atoms with Crippen molar-refractivity contribution in [3.8, 4) is 0 Å². The van der Waals surface area contributed by atoms with E-state index in [9.17, 15) is 18.4 Å². The van der Waals surface area contributed by atoms with Crippen molar-refractivity contribution in [2.45, 2.75) is 77.8 Å². The topological polar surface area (TPSA) is 93.2 Å². The van der Waals surface area contributed by atoms with Crippen molar-refractivity contribution >= 4 is 17.6 Å². The molecule has 9 heteroatoms. The van der Waals surface area contributed by atoms with Gasteiger partial charge < -0.3 is 20.5 Å². The number of carbonyl (C=O) groups is 2. The number of halogens is 2. The lowest BCUT2D eigenvalue weighted by Gasteiger charge is -2.37. The van der Waals surface area contributed by atoms with Crippen molar-refractivity contribution in [2.75, 3.05) is 18.4 Å². The van der Waals surface area contributed by atoms with Gasteiger partial charge in [-0.25, -0.2) is 13.8 Å². The fourth-order valence-corrected chi connectivity index (χ4v) is 5.68. The number of piperidine rings is 1. The predicted molar refractivity (Wildman–Crippen MR) is 162 cm³/mol. The highest BCUT2D eigenvalue weighted by Crippen LogP contribution is 2.28. The first-order valence-electron chi connectivity index (χ1n) is 14.9. The van der Waals surface area contributed by atoms with Crippen molar-refractivity contribution in [1.82, 2.24) is 14.5 Å². The second-order valence-corrected chi connectivity index (χ2v) is 12.3. The van der Waals surface area contributed by atoms with Crippen molar-refractivity contribution in [2.24, 2.45) is 17.6 Å². The van der Waals surface area contributed by atoms with E-state index in [0.717, 1.165) is 74.4 Å². The lowest BCUT2D eigenvalue weighted by Crippen LogP contribution is -2.49. The maximum absolute atomic E-state index is 13.3. The molecule has 0 saturated carbocycles. The van der Waals surface area contributed by atoms with Gasteiger partial charge in [-0.1, -0.05) is 44.2 Å². The van der Waals surface area contributed by atoms with Crippen LogP contribution in [0.3, 0.4) is 0 Å². The van der Waals surface area contributed by atoms with Crippen LogP contribution in [0, 0.1) is 23.5 Å². The number of benzene rings is 1. The molecular formula is C33H43F2N5O2. The van der Waals surface area contributed by atoms with Crippen LogP contribution in [0.4, 0.5) is 14.6 Å². The third kappa shape index (κ3) is 7.62. The third-order valence-electron chi connectivity index (χ3n) is 8.31. The average Bonchev–Trinajstić information content (AvgIpc) is 3.26. The van der Waals surface area contributed by atoms with Crippen LogP contribution < -0.4 is 11.1 Å². The van der Waals surface area contributed by atoms with E-state index >= 15 is 0 Å². The van der Waals surface area contributed by atoms with Gasteiger partial charge in [0, 0.05) is 25.4 Å². The Hall–Kier alpha value is -3.59. The number of aromatic nitrogens is 2. The molecule has 1 fully saturated rings. The second kappa shape index (κ2) is 13.6. The average molecular weight is 580 g/mol. The summed E-state index contributed by atoms with van der Waals surface area (Å²) in [7, 11) is 0. The quantitative estimate of drug-likeness (QED) is 0.477. The molecule has 1 aromatic carbocycles. The van der Waals surface area contributed by atoms with E-state index < -0.39 is 17.4 Å². The molecule has 0 bridgehead atoms. The molecule has 3 N–H and O–H groups in total. The normalized spacial score (nSPS) is 20.9. The smallest absolute Gasteiger partial charge is 0.248 e. The monoisotopic (exact) mass is 579 g/mol. The first kappa shape index (κ1) is 31.3. The lowest BCUT2D eigenvalue weighted by molar-refractivity contribution is -0.141. The van der Waals surface area contributed by atoms with E-state index in [1.165, 1.54) is 6.07 Å². The van der Waals surface area contributed by atoms with Crippen LogP contribution >= 0.6 is 0 Å². The Morgan fingerprint density at radius 2 is 1.93 bits per heavy atom. The Balaban J connectivity index is 0.000000258. The lowest BCUT2D eigenvalue weighted by atomic mass is 9.85. The molecule has 1 aromatic heterocycles. The van der Waals surface area contributed by atoms with Gasteiger partial charge in [0.05, 0.1) is 6.33 Å². The van der Waals surface area contributed by atoms with Gasteiger partial charge in [0.2, 0.25) is 11.8 Å². The van der Waals surface area contributed by atoms with Crippen LogP contribution in [-0.2, 0) is 28.0 Å². The van der Waals surface area contributed by atoms with Gasteiger partial charge in [-0.2, -0.15) is 0 Å². The number of aryl methyl sites for hydroxylation is 1. The predicted octanol–water partition coefficient (Wildman–Crippen LogP) is 5.67. The second-order valence-electron chi connectivity index (χ2n) is 12.3. The molecule has 3 atom stereocenters. The molecule has 226 valence electrons. The first-order chi connectivity index (χ1) is 20.0. The maximum Gasteiger partial charge on any atom is 0.248 e. The standard InChI is InChI=1S/C22H31N5O2.C11H12F2/c1-16-9-8-12-26(13-16)21(29)22(2,3)27-14-18(24-15-27)25-20(28)19(23)17-10-6-4-5-7-11-17;1-7-2-3-8-5-9(12)6-11(13)10(8)4-7/h4,6-7,10-11,14-16,19H,5,8-9,12-13,23H2,1-3H3,(H,25,28);5-7H,2-4H2,1H3/t16?,19-;/m0./s1. The summed E-state index contributed by atoms with van der Waals surface area (Å²) in [5.74, 6) is 0.323. The van der Waals surface area contributed by atoms with Crippen molar-refractivity contribution in [1.29, 1.82) is 0 Å². The molecule has 2 heterocycles. The molecule has 2 aromatic rings. The van der Waals surface area contributed by atoms with Gasteiger partial charge in [-0.3, -0.25) is 9.59 Å². The van der Waals surface area contributed by atoms with Gasteiger partial charge in [0.15, 0.2) is 5.82 Å². The zero-order valence-corrected chi connectivity index (χ0v) is 25.1. The fraction of sp³-hybridized carbons (Fsp3) is 0.485. The van der Waals surface area contributed by atoms with Crippen molar-refractivity contribution in [3.63, 3.8) is 0 Å². The zero-order valence-electron chi connectivity index (χ0n) is 25.1. The van der Waals surface area contributed by atoms with Crippen LogP contribution in [0.2, 0.25) is 0 Å². The van der Waals surface area contributed by atoms with Crippen LogP contribution in [0.25, 0.3) is 0 Å². The highest BCUT2D eigenvalue weighted by Gasteiger charge is 2.35. The summed E-state index contributed by atoms with van der Waals surface area (Å²) in [4.78, 5) is 31.8. The van der Waals surface area contributed by atoms with E-state index in [-0.39, 0.29) is 17.6 Å². The van der Waals surface area contributed by atoms with Crippen LogP contribution in [0.1, 0.15) is 64.5 Å². The van der Waals surface area contributed by atoms with Crippen LogP contribution in [0.5, 0.6) is 0 Å². The summed E-state index contributed by atoms with van der Waals surface area (Å²) in [5.41, 5.74) is 7.64. The van der Waals surface area contributed by atoms with Crippen molar-refractivity contribution < 1.29 is 18.4 Å². The molecule has 5 rings (SSSR count). The van der Waals surface area contributed by atoms with Crippen LogP contribution in [-0.4, -0.2) is 45.4 Å². The number of hydrogen-bond donors (Lipinski definition) is 2. The molecule has 0 radical (unpaired) electrons. The number of rotatable bonds is 5. The minimum absolute atomic E-state index is 0.0663. The van der Waals surface area contributed by atoms with Gasteiger partial charge in [0.25, 0.3) is 0 Å². The zero-order chi connectivity index (χ0) is 30.4.